The Hall–Kier alpha value is -1.29. The average molecular weight is 266 g/mol. The van der Waals surface area contributed by atoms with Crippen molar-refractivity contribution in [3.05, 3.63) is 23.8 Å². The molecule has 1 rings (SSSR count). The Morgan fingerprint density at radius 1 is 1.28 bits per heavy atom. The van der Waals surface area contributed by atoms with Gasteiger partial charge in [-0.1, -0.05) is 20.8 Å². The van der Waals surface area contributed by atoms with Gasteiger partial charge < -0.3 is 9.53 Å². The lowest BCUT2D eigenvalue weighted by Crippen LogP contribution is -2.43. The molecule has 0 saturated heterocycles. The summed E-state index contributed by atoms with van der Waals surface area (Å²) in [7, 11) is -1.91. The second kappa shape index (κ2) is 4.76. The zero-order chi connectivity index (χ0) is 14.1. The summed E-state index contributed by atoms with van der Waals surface area (Å²) < 4.78 is 6.09. The first kappa shape index (κ1) is 14.8. The third kappa shape index (κ3) is 3.13. The zero-order valence-corrected chi connectivity index (χ0v) is 13.0. The summed E-state index contributed by atoms with van der Waals surface area (Å²) in [5.74, 6) is 0.503. The van der Waals surface area contributed by atoms with Gasteiger partial charge in [-0.05, 0) is 43.3 Å². The molecular weight excluding hydrogens is 244 g/mol. The molecule has 0 bridgehead atoms. The quantitative estimate of drug-likeness (QED) is 0.665. The number of Topliss-reactive ketones (excluding diaryl/α,β-unsaturated/α-hetero) is 1. The molecule has 0 saturated carbocycles. The van der Waals surface area contributed by atoms with E-state index >= 15 is 0 Å². The fourth-order valence-corrected chi connectivity index (χ4v) is 2.33. The summed E-state index contributed by atoms with van der Waals surface area (Å²) in [4.78, 5) is 11.4. The van der Waals surface area contributed by atoms with Crippen LogP contribution >= 0.6 is 0 Å². The number of carbonyl (C=O) groups is 1. The van der Waals surface area contributed by atoms with E-state index in [1.807, 2.05) is 0 Å². The van der Waals surface area contributed by atoms with Crippen LogP contribution in [0.25, 0.3) is 0 Å². The van der Waals surface area contributed by atoms with Crippen LogP contribution < -0.4 is 4.43 Å². The Morgan fingerprint density at radius 2 is 1.83 bits per heavy atom. The van der Waals surface area contributed by atoms with Gasteiger partial charge in [-0.25, -0.2) is 0 Å². The molecule has 0 amide bonds. The molecule has 4 heteroatoms. The minimum Gasteiger partial charge on any atom is -0.543 e. The first-order valence-electron chi connectivity index (χ1n) is 6.07. The fourth-order valence-electron chi connectivity index (χ4n) is 1.31. The van der Waals surface area contributed by atoms with Crippen LogP contribution in [0.1, 0.15) is 38.1 Å². The summed E-state index contributed by atoms with van der Waals surface area (Å²) >= 11 is 0. The molecule has 100 valence electrons. The predicted octanol–water partition coefficient (Wildman–Crippen LogP) is 3.98. The molecule has 0 heterocycles. The molecule has 18 heavy (non-hydrogen) atoms. The van der Waals surface area contributed by atoms with Crippen LogP contribution in [0.15, 0.2) is 18.2 Å². The van der Waals surface area contributed by atoms with Crippen molar-refractivity contribution in [2.45, 2.75) is 45.8 Å². The van der Waals surface area contributed by atoms with E-state index in [9.17, 15) is 9.90 Å². The lowest BCUT2D eigenvalue weighted by atomic mass is 10.1. The lowest BCUT2D eigenvalue weighted by molar-refractivity contribution is 0.101. The maximum Gasteiger partial charge on any atom is 0.250 e. The minimum absolute atomic E-state index is 0.00471. The Balaban J connectivity index is 3.07. The number of aromatic hydroxyl groups is 1. The number of ketones is 1. The zero-order valence-electron chi connectivity index (χ0n) is 12.0. The first-order valence-corrected chi connectivity index (χ1v) is 8.98. The second-order valence-electron chi connectivity index (χ2n) is 6.10. The van der Waals surface area contributed by atoms with Crippen molar-refractivity contribution in [1.29, 1.82) is 0 Å². The number of carbonyl (C=O) groups excluding carboxylic acids is 1. The molecule has 0 aromatic heterocycles. The van der Waals surface area contributed by atoms with E-state index in [2.05, 4.69) is 33.9 Å². The Kier molecular flexibility index (Phi) is 3.91. The van der Waals surface area contributed by atoms with E-state index in [1.165, 1.54) is 13.0 Å². The van der Waals surface area contributed by atoms with Crippen LogP contribution in [0, 0.1) is 0 Å². The summed E-state index contributed by atoms with van der Waals surface area (Å²) in [6.07, 6.45) is 0. The van der Waals surface area contributed by atoms with E-state index < -0.39 is 8.32 Å². The van der Waals surface area contributed by atoms with Crippen LogP contribution in [0.5, 0.6) is 11.5 Å². The molecular formula is C14H22O3Si. The molecule has 0 radical (unpaired) electrons. The summed E-state index contributed by atoms with van der Waals surface area (Å²) in [6.45, 7) is 12.2. The molecule has 0 spiro atoms. The Labute approximate surface area is 110 Å². The van der Waals surface area contributed by atoms with Gasteiger partial charge >= 0.3 is 0 Å². The molecule has 0 aliphatic carbocycles. The SMILES string of the molecule is CC(=O)c1cc(O[Si](C)(C)C(C)(C)C)ccc1O. The lowest BCUT2D eigenvalue weighted by Gasteiger charge is -2.36. The highest BCUT2D eigenvalue weighted by atomic mass is 28.4. The van der Waals surface area contributed by atoms with Crippen LogP contribution in [0.2, 0.25) is 18.1 Å². The maximum absolute atomic E-state index is 11.4. The molecule has 0 unspecified atom stereocenters. The van der Waals surface area contributed by atoms with Crippen molar-refractivity contribution in [2.24, 2.45) is 0 Å². The van der Waals surface area contributed by atoms with Crippen molar-refractivity contribution in [3.8, 4) is 11.5 Å². The molecule has 0 fully saturated rings. The van der Waals surface area contributed by atoms with Gasteiger partial charge in [0.2, 0.25) is 8.32 Å². The molecule has 1 aromatic rings. The number of phenolic OH excluding ortho intramolecular Hbond substituents is 1. The fraction of sp³-hybridized carbons (Fsp3) is 0.500. The monoisotopic (exact) mass is 266 g/mol. The highest BCUT2D eigenvalue weighted by Crippen LogP contribution is 2.38. The van der Waals surface area contributed by atoms with Crippen molar-refractivity contribution in [3.63, 3.8) is 0 Å². The Bertz CT molecular complexity index is 459. The van der Waals surface area contributed by atoms with Gasteiger partial charge in [0, 0.05) is 0 Å². The Morgan fingerprint density at radius 3 is 2.28 bits per heavy atom. The molecule has 1 N–H and O–H groups in total. The minimum atomic E-state index is -1.91. The third-order valence-electron chi connectivity index (χ3n) is 3.53. The van der Waals surface area contributed by atoms with Crippen LogP contribution in [0.4, 0.5) is 0 Å². The van der Waals surface area contributed by atoms with Crippen molar-refractivity contribution >= 4 is 14.1 Å². The van der Waals surface area contributed by atoms with Gasteiger partial charge in [-0.15, -0.1) is 0 Å². The highest BCUT2D eigenvalue weighted by molar-refractivity contribution is 6.74. The van der Waals surface area contributed by atoms with E-state index in [4.69, 9.17) is 4.43 Å². The summed E-state index contributed by atoms with van der Waals surface area (Å²) in [5, 5.41) is 9.70. The normalized spacial score (nSPS) is 12.3. The number of rotatable bonds is 3. The number of hydrogen-bond acceptors (Lipinski definition) is 3. The molecule has 0 aliphatic rings. The standard InChI is InChI=1S/C14H22O3Si/c1-10(15)12-9-11(7-8-13(12)16)17-18(5,6)14(2,3)4/h7-9,16H,1-6H3. The predicted molar refractivity (Wildman–Crippen MR) is 75.9 cm³/mol. The van der Waals surface area contributed by atoms with Gasteiger partial charge in [-0.3, -0.25) is 4.79 Å². The van der Waals surface area contributed by atoms with Crippen molar-refractivity contribution < 1.29 is 14.3 Å². The van der Waals surface area contributed by atoms with Crippen molar-refractivity contribution in [2.75, 3.05) is 0 Å². The average Bonchev–Trinajstić information content (AvgIpc) is 2.18. The van der Waals surface area contributed by atoms with E-state index in [-0.39, 0.29) is 16.6 Å². The van der Waals surface area contributed by atoms with E-state index in [1.54, 1.807) is 12.1 Å². The summed E-state index contributed by atoms with van der Waals surface area (Å²) in [5.41, 5.74) is 0.311. The number of phenols is 1. The number of hydrogen-bond donors (Lipinski definition) is 1. The smallest absolute Gasteiger partial charge is 0.250 e. The van der Waals surface area contributed by atoms with Gasteiger partial charge in [0.1, 0.15) is 11.5 Å². The summed E-state index contributed by atoms with van der Waals surface area (Å²) in [6, 6.07) is 4.85. The van der Waals surface area contributed by atoms with Gasteiger partial charge in [0.15, 0.2) is 5.78 Å². The van der Waals surface area contributed by atoms with Crippen LogP contribution in [-0.4, -0.2) is 19.2 Å². The van der Waals surface area contributed by atoms with Gasteiger partial charge in [0.25, 0.3) is 0 Å². The molecule has 1 aromatic carbocycles. The molecule has 0 atom stereocenters. The van der Waals surface area contributed by atoms with Gasteiger partial charge in [0.05, 0.1) is 5.56 Å². The third-order valence-corrected chi connectivity index (χ3v) is 7.88. The number of benzene rings is 1. The van der Waals surface area contributed by atoms with Crippen LogP contribution in [0.3, 0.4) is 0 Å². The topological polar surface area (TPSA) is 46.5 Å². The highest BCUT2D eigenvalue weighted by Gasteiger charge is 2.39. The van der Waals surface area contributed by atoms with E-state index in [0.29, 0.717) is 11.3 Å². The van der Waals surface area contributed by atoms with E-state index in [0.717, 1.165) is 0 Å². The molecule has 0 aliphatic heterocycles. The molecule has 3 nitrogen and oxygen atoms in total. The van der Waals surface area contributed by atoms with Crippen LogP contribution in [-0.2, 0) is 0 Å². The largest absolute Gasteiger partial charge is 0.543 e. The maximum atomic E-state index is 11.4. The van der Waals surface area contributed by atoms with Crippen molar-refractivity contribution in [1.82, 2.24) is 0 Å². The second-order valence-corrected chi connectivity index (χ2v) is 10.8. The first-order chi connectivity index (χ1) is 8.04. The van der Waals surface area contributed by atoms with Gasteiger partial charge in [-0.2, -0.15) is 0 Å².